The number of hydrogen-bond acceptors (Lipinski definition) is 7. The van der Waals surface area contributed by atoms with E-state index < -0.39 is 21.8 Å². The molecule has 1 amide bonds. The van der Waals surface area contributed by atoms with Crippen LogP contribution in [0.4, 0.5) is 5.82 Å². The molecule has 3 rings (SSSR count). The molecule has 8 nitrogen and oxygen atoms in total. The van der Waals surface area contributed by atoms with E-state index in [4.69, 9.17) is 0 Å². The number of aromatic nitrogens is 1. The van der Waals surface area contributed by atoms with Crippen LogP contribution in [-0.2, 0) is 20.6 Å². The molecule has 0 radical (unpaired) electrons. The van der Waals surface area contributed by atoms with Crippen molar-refractivity contribution in [3.63, 3.8) is 0 Å². The van der Waals surface area contributed by atoms with Gasteiger partial charge in [-0.05, 0) is 37.8 Å². The predicted octanol–water partition coefficient (Wildman–Crippen LogP) is 3.50. The molecule has 0 spiro atoms. The highest BCUT2D eigenvalue weighted by Gasteiger charge is 2.29. The van der Waals surface area contributed by atoms with Crippen molar-refractivity contribution in [2.24, 2.45) is 5.92 Å². The van der Waals surface area contributed by atoms with E-state index in [1.54, 1.807) is 43.3 Å². The number of amides is 1. The lowest BCUT2D eigenvalue weighted by molar-refractivity contribution is -0.123. The van der Waals surface area contributed by atoms with Gasteiger partial charge >= 0.3 is 0 Å². The first-order valence-corrected chi connectivity index (χ1v) is 13.2. The van der Waals surface area contributed by atoms with Gasteiger partial charge in [-0.2, -0.15) is 5.26 Å². The summed E-state index contributed by atoms with van der Waals surface area (Å²) in [5.41, 5.74) is 2.01. The van der Waals surface area contributed by atoms with Crippen molar-refractivity contribution in [1.82, 2.24) is 9.71 Å². The van der Waals surface area contributed by atoms with Crippen LogP contribution in [0.15, 0.2) is 36.4 Å². The average Bonchev–Trinajstić information content (AvgIpc) is 2.82. The molecular weight excluding hydrogens is 452 g/mol. The van der Waals surface area contributed by atoms with Crippen molar-refractivity contribution in [3.8, 4) is 6.07 Å². The minimum atomic E-state index is -3.79. The van der Waals surface area contributed by atoms with Crippen LogP contribution in [0, 0.1) is 24.2 Å². The molecule has 1 saturated heterocycles. The number of ketones is 1. The second-order valence-electron chi connectivity index (χ2n) is 8.60. The maximum atomic E-state index is 12.6. The number of anilines is 1. The van der Waals surface area contributed by atoms with E-state index in [2.05, 4.69) is 15.8 Å². The summed E-state index contributed by atoms with van der Waals surface area (Å²) in [5, 5.41) is 9.65. The van der Waals surface area contributed by atoms with Gasteiger partial charge in [0.25, 0.3) is 0 Å². The number of rotatable bonds is 9. The van der Waals surface area contributed by atoms with Gasteiger partial charge in [-0.25, -0.2) is 13.4 Å². The molecular formula is C25H30N4O4S. The second kappa shape index (κ2) is 11.3. The van der Waals surface area contributed by atoms with Crippen LogP contribution >= 0.6 is 0 Å². The first-order chi connectivity index (χ1) is 16.2. The molecule has 0 atom stereocenters. The second-order valence-corrected chi connectivity index (χ2v) is 10.3. The Kier molecular flexibility index (Phi) is 8.40. The number of unbranched alkanes of at least 4 members (excludes halogenated alkanes) is 1. The summed E-state index contributed by atoms with van der Waals surface area (Å²) < 4.78 is 27.0. The molecule has 0 unspecified atom stereocenters. The highest BCUT2D eigenvalue weighted by Crippen LogP contribution is 2.27. The lowest BCUT2D eigenvalue weighted by Crippen LogP contribution is -2.43. The molecule has 0 aliphatic carbocycles. The van der Waals surface area contributed by atoms with E-state index >= 15 is 0 Å². The van der Waals surface area contributed by atoms with Gasteiger partial charge in [0.15, 0.2) is 5.78 Å². The zero-order chi connectivity index (χ0) is 24.7. The Bertz CT molecular complexity index is 1180. The molecule has 1 aliphatic heterocycles. The summed E-state index contributed by atoms with van der Waals surface area (Å²) in [6.07, 6.45) is 3.01. The van der Waals surface area contributed by atoms with Crippen LogP contribution in [0.25, 0.3) is 0 Å². The van der Waals surface area contributed by atoms with Gasteiger partial charge in [0.1, 0.15) is 11.9 Å². The number of carbonyl (C=O) groups excluding carboxylic acids is 2. The molecule has 1 aromatic carbocycles. The van der Waals surface area contributed by atoms with Crippen LogP contribution < -0.4 is 9.62 Å². The fourth-order valence-electron chi connectivity index (χ4n) is 4.09. The molecule has 34 heavy (non-hydrogen) atoms. The van der Waals surface area contributed by atoms with Crippen molar-refractivity contribution in [1.29, 1.82) is 5.26 Å². The average molecular weight is 483 g/mol. The Labute approximate surface area is 201 Å². The third-order valence-corrected chi connectivity index (χ3v) is 7.22. The number of nitrogens with one attached hydrogen (secondary N) is 1. The Morgan fingerprint density at radius 2 is 1.88 bits per heavy atom. The van der Waals surface area contributed by atoms with E-state index in [1.165, 1.54) is 0 Å². The Balaban J connectivity index is 1.64. The molecule has 9 heteroatoms. The number of benzene rings is 1. The number of nitriles is 1. The lowest BCUT2D eigenvalue weighted by Gasteiger charge is -2.32. The van der Waals surface area contributed by atoms with Crippen LogP contribution in [0.5, 0.6) is 0 Å². The summed E-state index contributed by atoms with van der Waals surface area (Å²) in [7, 11) is -3.79. The van der Waals surface area contributed by atoms with E-state index in [-0.39, 0.29) is 11.5 Å². The molecule has 1 aromatic heterocycles. The van der Waals surface area contributed by atoms with Gasteiger partial charge in [0.2, 0.25) is 15.9 Å². The quantitative estimate of drug-likeness (QED) is 0.543. The summed E-state index contributed by atoms with van der Waals surface area (Å²) in [4.78, 5) is 31.6. The third kappa shape index (κ3) is 6.41. The fraction of sp³-hybridized carbons (Fsp3) is 0.440. The molecule has 0 saturated carbocycles. The normalized spacial score (nSPS) is 14.4. The molecule has 1 fully saturated rings. The van der Waals surface area contributed by atoms with Gasteiger partial charge in [-0.15, -0.1) is 0 Å². The summed E-state index contributed by atoms with van der Waals surface area (Å²) >= 11 is 0. The first-order valence-electron chi connectivity index (χ1n) is 11.5. The van der Waals surface area contributed by atoms with Crippen molar-refractivity contribution < 1.29 is 18.0 Å². The molecule has 0 bridgehead atoms. The van der Waals surface area contributed by atoms with E-state index in [1.807, 2.05) is 11.8 Å². The number of sulfonamides is 1. The van der Waals surface area contributed by atoms with Crippen molar-refractivity contribution in [3.05, 3.63) is 58.8 Å². The molecule has 1 N–H and O–H groups in total. The molecule has 2 aromatic rings. The number of pyridine rings is 1. The number of Topliss-reactive ketones (excluding diaryl/α,β-unsaturated/α-hetero) is 1. The SMILES string of the molecule is CCCCC(=O)c1cc(C#N)c(N2CCC(C(=O)NS(=O)(=O)Cc3ccccc3)CC2)nc1C. The fourth-order valence-corrected chi connectivity index (χ4v) is 5.27. The lowest BCUT2D eigenvalue weighted by atomic mass is 9.95. The number of hydrogen-bond donors (Lipinski definition) is 1. The zero-order valence-electron chi connectivity index (χ0n) is 19.6. The Morgan fingerprint density at radius 1 is 1.21 bits per heavy atom. The number of carbonyl (C=O) groups is 2. The maximum Gasteiger partial charge on any atom is 0.239 e. The largest absolute Gasteiger partial charge is 0.355 e. The van der Waals surface area contributed by atoms with Gasteiger partial charge in [0, 0.05) is 31.0 Å². The van der Waals surface area contributed by atoms with Gasteiger partial charge in [-0.3, -0.25) is 14.3 Å². The maximum absolute atomic E-state index is 12.6. The standard InChI is InChI=1S/C25H30N4O4S/c1-3-4-10-23(30)22-15-21(16-26)24(27-18(22)2)29-13-11-20(12-14-29)25(31)28-34(32,33)17-19-8-6-5-7-9-19/h5-9,15,20H,3-4,10-14,17H2,1-2H3,(H,28,31). The molecule has 180 valence electrons. The Hall–Kier alpha value is -3.25. The summed E-state index contributed by atoms with van der Waals surface area (Å²) in [6, 6.07) is 12.5. The van der Waals surface area contributed by atoms with Crippen LogP contribution in [0.1, 0.15) is 66.2 Å². The number of nitrogens with zero attached hydrogens (tertiary/aromatic N) is 3. The van der Waals surface area contributed by atoms with Crippen molar-refractivity contribution in [2.75, 3.05) is 18.0 Å². The number of aryl methyl sites for hydroxylation is 1. The van der Waals surface area contributed by atoms with E-state index in [0.717, 1.165) is 12.8 Å². The smallest absolute Gasteiger partial charge is 0.239 e. The number of piperidine rings is 1. The highest BCUT2D eigenvalue weighted by molar-refractivity contribution is 7.89. The first kappa shape index (κ1) is 25.4. The predicted molar refractivity (Wildman–Crippen MR) is 130 cm³/mol. The van der Waals surface area contributed by atoms with Crippen LogP contribution in [-0.4, -0.2) is 38.2 Å². The summed E-state index contributed by atoms with van der Waals surface area (Å²) in [5.74, 6) is -0.707. The van der Waals surface area contributed by atoms with Crippen molar-refractivity contribution in [2.45, 2.75) is 51.7 Å². The topological polar surface area (TPSA) is 120 Å². The molecule has 2 heterocycles. The zero-order valence-corrected chi connectivity index (χ0v) is 20.4. The highest BCUT2D eigenvalue weighted by atomic mass is 32.2. The van der Waals surface area contributed by atoms with Crippen LogP contribution in [0.2, 0.25) is 0 Å². The minimum absolute atomic E-state index is 0.0120. The summed E-state index contributed by atoms with van der Waals surface area (Å²) in [6.45, 7) is 4.70. The van der Waals surface area contributed by atoms with Gasteiger partial charge < -0.3 is 4.90 Å². The van der Waals surface area contributed by atoms with Gasteiger partial charge in [0.05, 0.1) is 17.0 Å². The molecule has 1 aliphatic rings. The van der Waals surface area contributed by atoms with Crippen LogP contribution in [0.3, 0.4) is 0 Å². The van der Waals surface area contributed by atoms with E-state index in [9.17, 15) is 23.3 Å². The minimum Gasteiger partial charge on any atom is -0.355 e. The third-order valence-electron chi connectivity index (χ3n) is 5.99. The Morgan fingerprint density at radius 3 is 2.50 bits per heavy atom. The van der Waals surface area contributed by atoms with E-state index in [0.29, 0.717) is 60.6 Å². The van der Waals surface area contributed by atoms with Crippen molar-refractivity contribution >= 4 is 27.5 Å². The van der Waals surface area contributed by atoms with Gasteiger partial charge in [-0.1, -0.05) is 43.7 Å². The monoisotopic (exact) mass is 482 g/mol.